The van der Waals surface area contributed by atoms with E-state index in [0.717, 1.165) is 6.20 Å². The van der Waals surface area contributed by atoms with Gasteiger partial charge < -0.3 is 9.64 Å². The molecule has 3 nitrogen and oxygen atoms in total. The molecule has 0 fully saturated rings. The minimum atomic E-state index is -4.39. The number of benzene rings is 1. The molecule has 114 valence electrons. The number of halogens is 4. The van der Waals surface area contributed by atoms with Crippen molar-refractivity contribution in [2.24, 2.45) is 0 Å². The van der Waals surface area contributed by atoms with Gasteiger partial charge in [0, 0.05) is 7.05 Å². The maximum absolute atomic E-state index is 13.3. The van der Waals surface area contributed by atoms with Crippen molar-refractivity contribution in [1.82, 2.24) is 4.98 Å². The van der Waals surface area contributed by atoms with E-state index < -0.39 is 16.9 Å². The number of para-hydroxylation sites is 1. The first kappa shape index (κ1) is 15.6. The largest absolute Gasteiger partial charge is 0.489 e. The lowest BCUT2D eigenvalue weighted by atomic mass is 10.3. The van der Waals surface area contributed by atoms with E-state index in [2.05, 4.69) is 4.98 Å². The highest BCUT2D eigenvalue weighted by Crippen LogP contribution is 2.35. The van der Waals surface area contributed by atoms with Gasteiger partial charge in [0.2, 0.25) is 0 Å². The molecule has 0 amide bonds. The van der Waals surface area contributed by atoms with Gasteiger partial charge in [-0.15, -0.1) is 0 Å². The lowest BCUT2D eigenvalue weighted by Crippen LogP contribution is -2.23. The predicted octanol–water partition coefficient (Wildman–Crippen LogP) is 3.82. The quantitative estimate of drug-likeness (QED) is 0.783. The van der Waals surface area contributed by atoms with Crippen LogP contribution in [0.5, 0.6) is 5.75 Å². The Morgan fingerprint density at radius 1 is 1.29 bits per heavy atom. The smallest absolute Gasteiger partial charge is 0.427 e. The minimum Gasteiger partial charge on any atom is -0.489 e. The summed E-state index contributed by atoms with van der Waals surface area (Å²) in [5.74, 6) is -0.366. The summed E-state index contributed by atoms with van der Waals surface area (Å²) < 4.78 is 55.9. The minimum absolute atomic E-state index is 0.112. The van der Waals surface area contributed by atoms with E-state index in [-0.39, 0.29) is 17.5 Å². The summed E-state index contributed by atoms with van der Waals surface area (Å²) in [7, 11) is 1.60. The second-order valence-corrected chi connectivity index (χ2v) is 5.21. The highest BCUT2D eigenvalue weighted by Gasteiger charge is 2.33. The number of hydrogen-bond donors (Lipinski definition) is 0. The molecule has 2 rings (SSSR count). The molecule has 21 heavy (non-hydrogen) atoms. The normalized spacial score (nSPS) is 11.5. The van der Waals surface area contributed by atoms with E-state index in [1.165, 1.54) is 17.0 Å². The number of alkyl halides is 3. The zero-order valence-corrected chi connectivity index (χ0v) is 11.8. The number of ether oxygens (including phenoxy) is 1. The van der Waals surface area contributed by atoms with Crippen LogP contribution in [0, 0.1) is 5.82 Å². The van der Waals surface area contributed by atoms with Gasteiger partial charge >= 0.3 is 6.18 Å². The first-order chi connectivity index (χ1) is 9.88. The lowest BCUT2D eigenvalue weighted by Gasteiger charge is -2.16. The zero-order valence-electron chi connectivity index (χ0n) is 11.0. The Kier molecular flexibility index (Phi) is 4.66. The summed E-state index contributed by atoms with van der Waals surface area (Å²) in [5.41, 5.74) is 0. The summed E-state index contributed by atoms with van der Waals surface area (Å²) >= 11 is 0.558. The van der Waals surface area contributed by atoms with Crippen molar-refractivity contribution < 1.29 is 22.3 Å². The van der Waals surface area contributed by atoms with Crippen LogP contribution in [0.4, 0.5) is 22.7 Å². The second-order valence-electron chi connectivity index (χ2n) is 4.21. The fraction of sp³-hybridized carbons (Fsp3) is 0.308. The number of nitrogens with zero attached hydrogens (tertiary/aromatic N) is 2. The Balaban J connectivity index is 1.89. The summed E-state index contributed by atoms with van der Waals surface area (Å²) in [5, 5.41) is 0.236. The molecular weight excluding hydrogens is 308 g/mol. The van der Waals surface area contributed by atoms with Gasteiger partial charge in [0.1, 0.15) is 11.5 Å². The van der Waals surface area contributed by atoms with Crippen LogP contribution in [-0.4, -0.2) is 25.2 Å². The lowest BCUT2D eigenvalue weighted by molar-refractivity contribution is -0.134. The molecule has 1 aromatic carbocycles. The molecule has 0 aliphatic rings. The molecule has 8 heteroatoms. The summed E-state index contributed by atoms with van der Waals surface area (Å²) in [6.07, 6.45) is -3.59. The van der Waals surface area contributed by atoms with Gasteiger partial charge in [0.05, 0.1) is 12.7 Å². The third-order valence-corrected chi connectivity index (χ3v) is 3.78. The molecule has 0 saturated heterocycles. The Morgan fingerprint density at radius 3 is 2.62 bits per heavy atom. The fourth-order valence-corrected chi connectivity index (χ4v) is 2.29. The van der Waals surface area contributed by atoms with Gasteiger partial charge in [-0.25, -0.2) is 9.37 Å². The van der Waals surface area contributed by atoms with Crippen molar-refractivity contribution in [2.75, 3.05) is 25.1 Å². The van der Waals surface area contributed by atoms with E-state index in [1.807, 2.05) is 0 Å². The molecule has 1 heterocycles. The Hall–Kier alpha value is -1.83. The Bertz CT molecular complexity index is 600. The molecule has 0 saturated carbocycles. The standard InChI is InChI=1S/C13H12F4N2OS/c1-19(12-18-8-11(21-12)13(15,16)17)6-7-20-10-5-3-2-4-9(10)14/h2-5,8H,6-7H2,1H3. The fourth-order valence-electron chi connectivity index (χ4n) is 1.52. The number of aromatic nitrogens is 1. The van der Waals surface area contributed by atoms with Gasteiger partial charge in [-0.05, 0) is 12.1 Å². The second kappa shape index (κ2) is 6.30. The number of likely N-dealkylation sites (N-methyl/N-ethyl adjacent to an activating group) is 1. The van der Waals surface area contributed by atoms with Crippen LogP contribution in [0.3, 0.4) is 0 Å². The van der Waals surface area contributed by atoms with Crippen molar-refractivity contribution in [2.45, 2.75) is 6.18 Å². The predicted molar refractivity (Wildman–Crippen MR) is 72.3 cm³/mol. The van der Waals surface area contributed by atoms with Crippen molar-refractivity contribution in [3.8, 4) is 5.75 Å². The molecule has 0 atom stereocenters. The van der Waals surface area contributed by atoms with Crippen molar-refractivity contribution in [3.05, 3.63) is 41.2 Å². The van der Waals surface area contributed by atoms with Crippen LogP contribution in [-0.2, 0) is 6.18 Å². The Labute approximate surface area is 122 Å². The molecular formula is C13H12F4N2OS. The van der Waals surface area contributed by atoms with Crippen LogP contribution in [0.1, 0.15) is 4.88 Å². The van der Waals surface area contributed by atoms with Crippen LogP contribution >= 0.6 is 11.3 Å². The van der Waals surface area contributed by atoms with Crippen LogP contribution in [0.2, 0.25) is 0 Å². The monoisotopic (exact) mass is 320 g/mol. The highest BCUT2D eigenvalue weighted by atomic mass is 32.1. The van der Waals surface area contributed by atoms with Gasteiger partial charge in [-0.3, -0.25) is 0 Å². The number of rotatable bonds is 5. The highest BCUT2D eigenvalue weighted by molar-refractivity contribution is 7.15. The van der Waals surface area contributed by atoms with E-state index in [4.69, 9.17) is 4.74 Å². The van der Waals surface area contributed by atoms with Gasteiger partial charge in [-0.2, -0.15) is 13.2 Å². The molecule has 0 spiro atoms. The topological polar surface area (TPSA) is 25.4 Å². The summed E-state index contributed by atoms with van der Waals surface area (Å²) in [6.45, 7) is 0.428. The van der Waals surface area contributed by atoms with Gasteiger partial charge in [-0.1, -0.05) is 23.5 Å². The van der Waals surface area contributed by atoms with E-state index >= 15 is 0 Å². The average molecular weight is 320 g/mol. The maximum atomic E-state index is 13.3. The van der Waals surface area contributed by atoms with Crippen molar-refractivity contribution in [1.29, 1.82) is 0 Å². The van der Waals surface area contributed by atoms with Crippen molar-refractivity contribution in [3.63, 3.8) is 0 Å². The number of hydrogen-bond acceptors (Lipinski definition) is 4. The molecule has 0 radical (unpaired) electrons. The Morgan fingerprint density at radius 2 is 2.00 bits per heavy atom. The first-order valence-electron chi connectivity index (χ1n) is 5.99. The number of thiazole rings is 1. The third kappa shape index (κ3) is 4.07. The van der Waals surface area contributed by atoms with E-state index in [9.17, 15) is 17.6 Å². The van der Waals surface area contributed by atoms with Crippen LogP contribution < -0.4 is 9.64 Å². The number of anilines is 1. The molecule has 0 unspecified atom stereocenters. The summed E-state index contributed by atoms with van der Waals surface area (Å²) in [4.78, 5) is 4.50. The van der Waals surface area contributed by atoms with Crippen LogP contribution in [0.15, 0.2) is 30.5 Å². The first-order valence-corrected chi connectivity index (χ1v) is 6.81. The van der Waals surface area contributed by atoms with Gasteiger partial charge in [0.15, 0.2) is 16.7 Å². The molecule has 0 aliphatic carbocycles. The average Bonchev–Trinajstić information content (AvgIpc) is 2.90. The molecule has 2 aromatic rings. The van der Waals surface area contributed by atoms with Crippen LogP contribution in [0.25, 0.3) is 0 Å². The van der Waals surface area contributed by atoms with Gasteiger partial charge in [0.25, 0.3) is 0 Å². The zero-order chi connectivity index (χ0) is 15.5. The summed E-state index contributed by atoms with van der Waals surface area (Å²) in [6, 6.07) is 5.94. The van der Waals surface area contributed by atoms with Crippen molar-refractivity contribution >= 4 is 16.5 Å². The van der Waals surface area contributed by atoms with E-state index in [0.29, 0.717) is 17.9 Å². The molecule has 0 N–H and O–H groups in total. The molecule has 0 aliphatic heterocycles. The molecule has 0 bridgehead atoms. The van der Waals surface area contributed by atoms with E-state index in [1.54, 1.807) is 19.2 Å². The SMILES string of the molecule is CN(CCOc1ccccc1F)c1ncc(C(F)(F)F)s1. The third-order valence-electron chi connectivity index (χ3n) is 2.62. The maximum Gasteiger partial charge on any atom is 0.427 e. The molecule has 1 aromatic heterocycles.